The Labute approximate surface area is 121 Å². The summed E-state index contributed by atoms with van der Waals surface area (Å²) in [6.07, 6.45) is 0. The molecule has 0 saturated carbocycles. The minimum atomic E-state index is -0.329. The van der Waals surface area contributed by atoms with E-state index in [2.05, 4.69) is 0 Å². The average molecular weight is 296 g/mol. The normalized spacial score (nSPS) is 10.6. The van der Waals surface area contributed by atoms with Crippen molar-refractivity contribution >= 4 is 17.5 Å². The summed E-state index contributed by atoms with van der Waals surface area (Å²) in [6.45, 7) is 1.94. The number of alkyl halides is 1. The maximum absolute atomic E-state index is 13.6. The molecule has 106 valence electrons. The summed E-state index contributed by atoms with van der Waals surface area (Å²) in [5.41, 5.74) is 1.25. The lowest BCUT2D eigenvalue weighted by Crippen LogP contribution is -2.26. The second-order valence-corrected chi connectivity index (χ2v) is 4.85. The Kier molecular flexibility index (Phi) is 4.45. The van der Waals surface area contributed by atoms with E-state index in [1.807, 2.05) is 0 Å². The van der Waals surface area contributed by atoms with E-state index < -0.39 is 0 Å². The fourth-order valence-corrected chi connectivity index (χ4v) is 2.17. The van der Waals surface area contributed by atoms with Crippen LogP contribution in [0.2, 0.25) is 0 Å². The number of halogens is 2. The molecule has 20 heavy (non-hydrogen) atoms. The Bertz CT molecular complexity index is 624. The van der Waals surface area contributed by atoms with E-state index in [9.17, 15) is 9.18 Å². The smallest absolute Gasteiger partial charge is 0.289 e. The van der Waals surface area contributed by atoms with Gasteiger partial charge in [-0.2, -0.15) is 0 Å². The highest BCUT2D eigenvalue weighted by Crippen LogP contribution is 2.19. The SMILES string of the molecule is Cc1oc(C(=O)N(C)Cc2ccccc2F)cc1CCl. The quantitative estimate of drug-likeness (QED) is 0.805. The Morgan fingerprint density at radius 2 is 2.05 bits per heavy atom. The molecule has 0 fully saturated rings. The van der Waals surface area contributed by atoms with Crippen LogP contribution in [0.4, 0.5) is 4.39 Å². The summed E-state index contributed by atoms with van der Waals surface area (Å²) in [4.78, 5) is 13.6. The minimum Gasteiger partial charge on any atom is -0.456 e. The number of aryl methyl sites for hydroxylation is 1. The molecule has 0 atom stereocenters. The maximum Gasteiger partial charge on any atom is 0.289 e. The van der Waals surface area contributed by atoms with Gasteiger partial charge in [-0.25, -0.2) is 4.39 Å². The van der Waals surface area contributed by atoms with Crippen LogP contribution in [0, 0.1) is 12.7 Å². The zero-order valence-electron chi connectivity index (χ0n) is 11.3. The van der Waals surface area contributed by atoms with Crippen molar-refractivity contribution in [2.45, 2.75) is 19.3 Å². The first-order chi connectivity index (χ1) is 9.52. The van der Waals surface area contributed by atoms with Gasteiger partial charge in [-0.05, 0) is 19.1 Å². The van der Waals surface area contributed by atoms with Crippen molar-refractivity contribution in [2.24, 2.45) is 0 Å². The van der Waals surface area contributed by atoms with E-state index >= 15 is 0 Å². The summed E-state index contributed by atoms with van der Waals surface area (Å²) in [5.74, 6) is 0.510. The van der Waals surface area contributed by atoms with Gasteiger partial charge in [0.15, 0.2) is 5.76 Å². The molecule has 0 spiro atoms. The van der Waals surface area contributed by atoms with Gasteiger partial charge in [0.05, 0.1) is 5.88 Å². The van der Waals surface area contributed by atoms with Crippen LogP contribution in [0.25, 0.3) is 0 Å². The van der Waals surface area contributed by atoms with Crippen LogP contribution in [-0.2, 0) is 12.4 Å². The first-order valence-corrected chi connectivity index (χ1v) is 6.70. The lowest BCUT2D eigenvalue weighted by atomic mass is 10.2. The summed E-state index contributed by atoms with van der Waals surface area (Å²) in [6, 6.07) is 8.00. The molecule has 3 nitrogen and oxygen atoms in total. The van der Waals surface area contributed by atoms with E-state index in [0.717, 1.165) is 5.56 Å². The monoisotopic (exact) mass is 295 g/mol. The molecular weight excluding hydrogens is 281 g/mol. The van der Waals surface area contributed by atoms with Gasteiger partial charge in [0.1, 0.15) is 11.6 Å². The molecule has 2 aromatic rings. The van der Waals surface area contributed by atoms with Gasteiger partial charge < -0.3 is 9.32 Å². The molecule has 0 saturated heterocycles. The number of carbonyl (C=O) groups excluding carboxylic acids is 1. The van der Waals surface area contributed by atoms with Crippen LogP contribution in [-0.4, -0.2) is 17.9 Å². The van der Waals surface area contributed by atoms with Crippen LogP contribution in [0.3, 0.4) is 0 Å². The van der Waals surface area contributed by atoms with Crippen molar-refractivity contribution in [3.8, 4) is 0 Å². The lowest BCUT2D eigenvalue weighted by molar-refractivity contribution is 0.0751. The lowest BCUT2D eigenvalue weighted by Gasteiger charge is -2.16. The standard InChI is InChI=1S/C15H15ClFNO2/c1-10-12(8-16)7-14(20-10)15(19)18(2)9-11-5-3-4-6-13(11)17/h3-7H,8-9H2,1-2H3. The second kappa shape index (κ2) is 6.09. The molecule has 2 rings (SSSR count). The zero-order chi connectivity index (χ0) is 14.7. The van der Waals surface area contributed by atoms with E-state index in [1.165, 1.54) is 11.0 Å². The highest BCUT2D eigenvalue weighted by Gasteiger charge is 2.18. The number of rotatable bonds is 4. The van der Waals surface area contributed by atoms with E-state index in [4.69, 9.17) is 16.0 Å². The van der Waals surface area contributed by atoms with Gasteiger partial charge in [-0.3, -0.25) is 4.79 Å². The molecule has 1 amide bonds. The molecule has 0 bridgehead atoms. The molecule has 0 aliphatic carbocycles. The first-order valence-electron chi connectivity index (χ1n) is 6.17. The summed E-state index contributed by atoms with van der Waals surface area (Å²) in [7, 11) is 1.60. The number of nitrogens with zero attached hydrogens (tertiary/aromatic N) is 1. The Hall–Kier alpha value is -1.81. The van der Waals surface area contributed by atoms with Crippen molar-refractivity contribution in [2.75, 3.05) is 7.05 Å². The molecule has 0 unspecified atom stereocenters. The van der Waals surface area contributed by atoms with Crippen molar-refractivity contribution in [1.29, 1.82) is 0 Å². The van der Waals surface area contributed by atoms with Crippen LogP contribution in [0.15, 0.2) is 34.7 Å². The third-order valence-corrected chi connectivity index (χ3v) is 3.38. The van der Waals surface area contributed by atoms with Gasteiger partial charge in [0.25, 0.3) is 5.91 Å². The van der Waals surface area contributed by atoms with Gasteiger partial charge in [0.2, 0.25) is 0 Å². The number of carbonyl (C=O) groups is 1. The molecule has 1 aromatic heterocycles. The summed E-state index contributed by atoms with van der Waals surface area (Å²) < 4.78 is 18.9. The van der Waals surface area contributed by atoms with Gasteiger partial charge in [-0.1, -0.05) is 18.2 Å². The molecule has 0 N–H and O–H groups in total. The van der Waals surface area contributed by atoms with Crippen LogP contribution >= 0.6 is 11.6 Å². The van der Waals surface area contributed by atoms with Crippen molar-refractivity contribution in [1.82, 2.24) is 4.90 Å². The second-order valence-electron chi connectivity index (χ2n) is 4.58. The Morgan fingerprint density at radius 3 is 2.65 bits per heavy atom. The predicted octanol–water partition coefficient (Wildman–Crippen LogP) is 3.74. The van der Waals surface area contributed by atoms with E-state index in [0.29, 0.717) is 17.2 Å². The highest BCUT2D eigenvalue weighted by atomic mass is 35.5. The number of amides is 1. The third-order valence-electron chi connectivity index (χ3n) is 3.09. The topological polar surface area (TPSA) is 33.5 Å². The van der Waals surface area contributed by atoms with Crippen LogP contribution < -0.4 is 0 Å². The van der Waals surface area contributed by atoms with Gasteiger partial charge in [0, 0.05) is 24.7 Å². The first kappa shape index (κ1) is 14.6. The summed E-state index contributed by atoms with van der Waals surface area (Å²) >= 11 is 5.75. The fourth-order valence-electron chi connectivity index (χ4n) is 1.90. The number of hydrogen-bond donors (Lipinski definition) is 0. The number of hydrogen-bond acceptors (Lipinski definition) is 2. The molecule has 1 heterocycles. The van der Waals surface area contributed by atoms with Crippen molar-refractivity contribution in [3.63, 3.8) is 0 Å². The number of benzene rings is 1. The Morgan fingerprint density at radius 1 is 1.35 bits per heavy atom. The molecular formula is C15H15ClFNO2. The van der Waals surface area contributed by atoms with Crippen molar-refractivity contribution in [3.05, 3.63) is 58.8 Å². The van der Waals surface area contributed by atoms with E-state index in [1.54, 1.807) is 38.2 Å². The average Bonchev–Trinajstić information content (AvgIpc) is 2.81. The van der Waals surface area contributed by atoms with Crippen LogP contribution in [0.5, 0.6) is 0 Å². The van der Waals surface area contributed by atoms with Gasteiger partial charge >= 0.3 is 0 Å². The molecule has 5 heteroatoms. The van der Waals surface area contributed by atoms with E-state index in [-0.39, 0.29) is 24.0 Å². The van der Waals surface area contributed by atoms with Crippen LogP contribution in [0.1, 0.15) is 27.4 Å². The predicted molar refractivity (Wildman–Crippen MR) is 75.2 cm³/mol. The molecule has 0 radical (unpaired) electrons. The largest absolute Gasteiger partial charge is 0.456 e. The Balaban J connectivity index is 2.14. The third kappa shape index (κ3) is 3.02. The molecule has 0 aliphatic heterocycles. The fraction of sp³-hybridized carbons (Fsp3) is 0.267. The van der Waals surface area contributed by atoms with Crippen molar-refractivity contribution < 1.29 is 13.6 Å². The highest BCUT2D eigenvalue weighted by molar-refractivity contribution is 6.17. The van der Waals surface area contributed by atoms with Gasteiger partial charge in [-0.15, -0.1) is 11.6 Å². The zero-order valence-corrected chi connectivity index (χ0v) is 12.1. The minimum absolute atomic E-state index is 0.182. The summed E-state index contributed by atoms with van der Waals surface area (Å²) in [5, 5.41) is 0. The molecule has 1 aromatic carbocycles. The number of furan rings is 1. The molecule has 0 aliphatic rings. The maximum atomic E-state index is 13.6.